The summed E-state index contributed by atoms with van der Waals surface area (Å²) in [5.41, 5.74) is 1.57. The first kappa shape index (κ1) is 15.1. The number of aliphatic hydroxyl groups excluding tert-OH is 1. The van der Waals surface area contributed by atoms with E-state index >= 15 is 0 Å². The number of nitrogens with zero attached hydrogens (tertiary/aromatic N) is 2. The van der Waals surface area contributed by atoms with Gasteiger partial charge in [0.05, 0.1) is 23.4 Å². The fourth-order valence-corrected chi connectivity index (χ4v) is 2.90. The van der Waals surface area contributed by atoms with Gasteiger partial charge in [0.1, 0.15) is 5.65 Å². The van der Waals surface area contributed by atoms with E-state index < -0.39 is 0 Å². The van der Waals surface area contributed by atoms with E-state index in [1.54, 1.807) is 12.3 Å². The van der Waals surface area contributed by atoms with Crippen LogP contribution in [0.4, 0.5) is 4.79 Å². The van der Waals surface area contributed by atoms with Gasteiger partial charge in [-0.05, 0) is 37.8 Å². The van der Waals surface area contributed by atoms with Crippen molar-refractivity contribution in [3.63, 3.8) is 0 Å². The molecule has 6 nitrogen and oxygen atoms in total. The third-order valence-electron chi connectivity index (χ3n) is 3.93. The van der Waals surface area contributed by atoms with Crippen molar-refractivity contribution in [1.29, 1.82) is 0 Å². The van der Waals surface area contributed by atoms with Crippen molar-refractivity contribution in [2.45, 2.75) is 44.4 Å². The molecule has 0 atom stereocenters. The molecular weight excluding hydrogens is 304 g/mol. The number of hydrogen-bond donors (Lipinski definition) is 3. The average Bonchev–Trinajstić information content (AvgIpc) is 2.89. The molecule has 2 amide bonds. The summed E-state index contributed by atoms with van der Waals surface area (Å²) in [5.74, 6) is 0. The summed E-state index contributed by atoms with van der Waals surface area (Å²) in [6.45, 7) is 0.362. The minimum atomic E-state index is -0.217. The van der Waals surface area contributed by atoms with E-state index in [9.17, 15) is 9.90 Å². The Morgan fingerprint density at radius 3 is 2.86 bits per heavy atom. The molecule has 0 bridgehead atoms. The van der Waals surface area contributed by atoms with E-state index in [4.69, 9.17) is 11.6 Å². The maximum absolute atomic E-state index is 11.9. The summed E-state index contributed by atoms with van der Waals surface area (Å²) in [4.78, 5) is 16.3. The topological polar surface area (TPSA) is 78.7 Å². The molecule has 1 aliphatic carbocycles. The van der Waals surface area contributed by atoms with Crippen molar-refractivity contribution in [3.8, 4) is 0 Å². The number of hydrogen-bond acceptors (Lipinski definition) is 3. The van der Waals surface area contributed by atoms with Gasteiger partial charge in [-0.1, -0.05) is 11.6 Å². The quantitative estimate of drug-likeness (QED) is 0.809. The van der Waals surface area contributed by atoms with Crippen molar-refractivity contribution >= 4 is 23.3 Å². The number of imidazole rings is 1. The summed E-state index contributed by atoms with van der Waals surface area (Å²) in [6.07, 6.45) is 6.55. The summed E-state index contributed by atoms with van der Waals surface area (Å²) >= 11 is 5.93. The monoisotopic (exact) mass is 322 g/mol. The molecule has 1 fully saturated rings. The molecule has 1 aliphatic rings. The van der Waals surface area contributed by atoms with E-state index in [0.717, 1.165) is 37.0 Å². The Morgan fingerprint density at radius 2 is 2.09 bits per heavy atom. The SMILES string of the molecule is O=C(NCc1cn2cc(Cl)ccc2n1)NC1CCC(O)CC1. The Bertz CT molecular complexity index is 665. The molecule has 3 rings (SSSR count). The van der Waals surface area contributed by atoms with Crippen LogP contribution in [-0.2, 0) is 6.54 Å². The number of amides is 2. The normalized spacial score (nSPS) is 21.7. The van der Waals surface area contributed by atoms with Gasteiger partial charge >= 0.3 is 6.03 Å². The van der Waals surface area contributed by atoms with Crippen LogP contribution in [0.15, 0.2) is 24.5 Å². The Kier molecular flexibility index (Phi) is 4.49. The number of halogens is 1. The number of nitrogens with one attached hydrogen (secondary N) is 2. The van der Waals surface area contributed by atoms with Gasteiger partial charge in [-0.3, -0.25) is 0 Å². The number of aliphatic hydroxyl groups is 1. The molecule has 0 aliphatic heterocycles. The Morgan fingerprint density at radius 1 is 1.32 bits per heavy atom. The van der Waals surface area contributed by atoms with Crippen LogP contribution in [0.2, 0.25) is 5.02 Å². The highest BCUT2D eigenvalue weighted by atomic mass is 35.5. The molecule has 3 N–H and O–H groups in total. The lowest BCUT2D eigenvalue weighted by Gasteiger charge is -2.26. The number of carbonyl (C=O) groups is 1. The third-order valence-corrected chi connectivity index (χ3v) is 4.15. The largest absolute Gasteiger partial charge is 0.393 e. The molecule has 118 valence electrons. The van der Waals surface area contributed by atoms with E-state index in [2.05, 4.69) is 15.6 Å². The second-order valence-electron chi connectivity index (χ2n) is 5.68. The summed E-state index contributed by atoms with van der Waals surface area (Å²) in [5, 5.41) is 15.8. The highest BCUT2D eigenvalue weighted by Crippen LogP contribution is 2.18. The smallest absolute Gasteiger partial charge is 0.315 e. The zero-order valence-electron chi connectivity index (χ0n) is 12.1. The lowest BCUT2D eigenvalue weighted by molar-refractivity contribution is 0.117. The maximum Gasteiger partial charge on any atom is 0.315 e. The minimum Gasteiger partial charge on any atom is -0.393 e. The van der Waals surface area contributed by atoms with E-state index in [0.29, 0.717) is 11.6 Å². The van der Waals surface area contributed by atoms with Crippen LogP contribution >= 0.6 is 11.6 Å². The molecule has 0 spiro atoms. The fourth-order valence-electron chi connectivity index (χ4n) is 2.73. The van der Waals surface area contributed by atoms with E-state index in [1.165, 1.54) is 0 Å². The summed E-state index contributed by atoms with van der Waals surface area (Å²) in [6, 6.07) is 3.56. The molecule has 2 aromatic heterocycles. The number of aromatic nitrogens is 2. The number of rotatable bonds is 3. The van der Waals surface area contributed by atoms with Gasteiger partial charge in [0.15, 0.2) is 0 Å². The minimum absolute atomic E-state index is 0.142. The molecule has 2 aromatic rings. The summed E-state index contributed by atoms with van der Waals surface area (Å²) in [7, 11) is 0. The predicted octanol–water partition coefficient (Wildman–Crippen LogP) is 2.09. The van der Waals surface area contributed by atoms with Gasteiger partial charge in [-0.15, -0.1) is 0 Å². The van der Waals surface area contributed by atoms with E-state index in [-0.39, 0.29) is 18.2 Å². The molecule has 0 unspecified atom stereocenters. The van der Waals surface area contributed by atoms with Crippen LogP contribution in [0, 0.1) is 0 Å². The maximum atomic E-state index is 11.9. The van der Waals surface area contributed by atoms with Crippen LogP contribution in [0.1, 0.15) is 31.4 Å². The van der Waals surface area contributed by atoms with E-state index in [1.807, 2.05) is 16.7 Å². The van der Waals surface area contributed by atoms with Crippen molar-refractivity contribution in [1.82, 2.24) is 20.0 Å². The highest BCUT2D eigenvalue weighted by Gasteiger charge is 2.20. The van der Waals surface area contributed by atoms with Gasteiger partial charge in [-0.2, -0.15) is 0 Å². The highest BCUT2D eigenvalue weighted by molar-refractivity contribution is 6.30. The zero-order valence-corrected chi connectivity index (χ0v) is 12.9. The van der Waals surface area contributed by atoms with Crippen molar-refractivity contribution in [3.05, 3.63) is 35.2 Å². The standard InChI is InChI=1S/C15H19ClN4O2/c16-10-1-6-14-18-12(9-20(14)8-10)7-17-15(22)19-11-2-4-13(21)5-3-11/h1,6,8-9,11,13,21H,2-5,7H2,(H2,17,19,22). The first-order valence-electron chi connectivity index (χ1n) is 7.46. The number of pyridine rings is 1. The summed E-state index contributed by atoms with van der Waals surface area (Å²) < 4.78 is 1.83. The Labute approximate surface area is 133 Å². The van der Waals surface area contributed by atoms with Crippen LogP contribution in [-0.4, -0.2) is 32.7 Å². The van der Waals surface area contributed by atoms with Gasteiger partial charge in [-0.25, -0.2) is 9.78 Å². The van der Waals surface area contributed by atoms with Crippen molar-refractivity contribution in [2.24, 2.45) is 0 Å². The van der Waals surface area contributed by atoms with Crippen molar-refractivity contribution < 1.29 is 9.90 Å². The lowest BCUT2D eigenvalue weighted by Crippen LogP contribution is -2.43. The molecular formula is C15H19ClN4O2. The second-order valence-corrected chi connectivity index (χ2v) is 6.11. The third kappa shape index (κ3) is 3.69. The van der Waals surface area contributed by atoms with Crippen LogP contribution in [0.3, 0.4) is 0 Å². The van der Waals surface area contributed by atoms with Gasteiger partial charge in [0.25, 0.3) is 0 Å². The number of carbonyl (C=O) groups excluding carboxylic acids is 1. The number of urea groups is 1. The van der Waals surface area contributed by atoms with Crippen LogP contribution in [0.25, 0.3) is 5.65 Å². The molecule has 7 heteroatoms. The molecule has 0 radical (unpaired) electrons. The molecule has 0 aromatic carbocycles. The average molecular weight is 323 g/mol. The first-order valence-corrected chi connectivity index (χ1v) is 7.83. The van der Waals surface area contributed by atoms with Gasteiger partial charge < -0.3 is 20.1 Å². The Hall–Kier alpha value is -1.79. The Balaban J connectivity index is 1.51. The molecule has 2 heterocycles. The molecule has 0 saturated heterocycles. The van der Waals surface area contributed by atoms with Crippen LogP contribution < -0.4 is 10.6 Å². The van der Waals surface area contributed by atoms with Gasteiger partial charge in [0.2, 0.25) is 0 Å². The van der Waals surface area contributed by atoms with Gasteiger partial charge in [0, 0.05) is 18.4 Å². The molecule has 1 saturated carbocycles. The molecule has 22 heavy (non-hydrogen) atoms. The zero-order chi connectivity index (χ0) is 15.5. The first-order chi connectivity index (χ1) is 10.6. The van der Waals surface area contributed by atoms with Crippen molar-refractivity contribution in [2.75, 3.05) is 0 Å². The number of fused-ring (bicyclic) bond motifs is 1. The second kappa shape index (κ2) is 6.54. The fraction of sp³-hybridized carbons (Fsp3) is 0.467. The lowest BCUT2D eigenvalue weighted by atomic mass is 9.93. The predicted molar refractivity (Wildman–Crippen MR) is 83.8 cm³/mol. The van der Waals surface area contributed by atoms with Crippen LogP contribution in [0.5, 0.6) is 0 Å².